The Hall–Kier alpha value is -3.67. The Morgan fingerprint density at radius 2 is 1.58 bits per heavy atom. The number of aliphatic carboxylic acids is 1. The third-order valence-corrected chi connectivity index (χ3v) is 4.66. The maximum atomic E-state index is 12.2. The zero-order valence-corrected chi connectivity index (χ0v) is 18.5. The molecule has 12 nitrogen and oxygen atoms in total. The van der Waals surface area contributed by atoms with Gasteiger partial charge in [-0.05, 0) is 5.56 Å². The third-order valence-electron chi connectivity index (χ3n) is 4.66. The lowest BCUT2D eigenvalue weighted by Crippen LogP contribution is -2.51. The molecule has 1 aromatic rings. The van der Waals surface area contributed by atoms with E-state index in [1.54, 1.807) is 24.3 Å². The van der Waals surface area contributed by atoms with Crippen molar-refractivity contribution in [1.29, 1.82) is 0 Å². The van der Waals surface area contributed by atoms with Gasteiger partial charge in [0.25, 0.3) is 0 Å². The highest BCUT2D eigenvalue weighted by molar-refractivity contribution is 5.96. The summed E-state index contributed by atoms with van der Waals surface area (Å²) in [7, 11) is 2.04. The van der Waals surface area contributed by atoms with Gasteiger partial charge in [-0.3, -0.25) is 14.4 Å². The number of alkyl carbamates (subject to hydrolysis) is 1. The summed E-state index contributed by atoms with van der Waals surface area (Å²) in [6.07, 6.45) is -2.72. The first kappa shape index (κ1) is 27.4. The third kappa shape index (κ3) is 9.15. The van der Waals surface area contributed by atoms with Gasteiger partial charge >= 0.3 is 24.0 Å². The van der Waals surface area contributed by atoms with Gasteiger partial charge in [0, 0.05) is 12.5 Å². The number of rotatable bonds is 12. The number of methoxy groups -OCH3 is 2. The van der Waals surface area contributed by atoms with E-state index in [1.165, 1.54) is 6.92 Å². The van der Waals surface area contributed by atoms with E-state index in [0.29, 0.717) is 0 Å². The maximum absolute atomic E-state index is 12.2. The zero-order valence-electron chi connectivity index (χ0n) is 18.5. The molecule has 0 saturated heterocycles. The maximum Gasteiger partial charge on any atom is 0.407 e. The molecular formula is C21H28N2O10. The summed E-state index contributed by atoms with van der Waals surface area (Å²) in [4.78, 5) is 59.4. The Labute approximate surface area is 190 Å². The van der Waals surface area contributed by atoms with E-state index in [0.717, 1.165) is 19.8 Å². The number of amides is 2. The molecular weight excluding hydrogens is 440 g/mol. The summed E-state index contributed by atoms with van der Waals surface area (Å²) in [6, 6.07) is 7.24. The summed E-state index contributed by atoms with van der Waals surface area (Å²) in [5, 5.41) is 23.9. The fourth-order valence-corrected chi connectivity index (χ4v) is 2.88. The standard InChI is InChI=1S/C21H28N2O10/c1-12(16(19(28)31-2)20(29)32-3)17(18(26)27)23-15(25)9-14(24)10-22-21(30)33-11-13-7-5-4-6-8-13/h4-8,12,14,16-17,24H,9-11H2,1-3H3,(H,22,30)(H,23,25)(H,26,27)/t12-,14-,17-/m1/s1. The molecule has 33 heavy (non-hydrogen) atoms. The number of nitrogens with one attached hydrogen (secondary N) is 2. The number of hydrogen-bond acceptors (Lipinski definition) is 9. The smallest absolute Gasteiger partial charge is 0.407 e. The molecule has 0 bridgehead atoms. The molecule has 0 aromatic heterocycles. The van der Waals surface area contributed by atoms with Crippen molar-refractivity contribution in [2.75, 3.05) is 20.8 Å². The number of ether oxygens (including phenoxy) is 3. The molecule has 1 rings (SSSR count). The van der Waals surface area contributed by atoms with Crippen molar-refractivity contribution in [3.05, 3.63) is 35.9 Å². The molecule has 12 heteroatoms. The molecule has 0 aliphatic rings. The monoisotopic (exact) mass is 468 g/mol. The fourth-order valence-electron chi connectivity index (χ4n) is 2.88. The van der Waals surface area contributed by atoms with Crippen molar-refractivity contribution in [1.82, 2.24) is 10.6 Å². The van der Waals surface area contributed by atoms with Crippen molar-refractivity contribution in [3.8, 4) is 0 Å². The van der Waals surface area contributed by atoms with Gasteiger partial charge in [-0.1, -0.05) is 37.3 Å². The highest BCUT2D eigenvalue weighted by Crippen LogP contribution is 2.20. The van der Waals surface area contributed by atoms with Crippen LogP contribution in [0.2, 0.25) is 0 Å². The van der Waals surface area contributed by atoms with E-state index < -0.39 is 60.3 Å². The van der Waals surface area contributed by atoms with Crippen LogP contribution in [0.1, 0.15) is 18.9 Å². The molecule has 182 valence electrons. The van der Waals surface area contributed by atoms with Gasteiger partial charge in [0.05, 0.1) is 26.7 Å². The van der Waals surface area contributed by atoms with Crippen LogP contribution in [0, 0.1) is 11.8 Å². The van der Waals surface area contributed by atoms with E-state index in [-0.39, 0.29) is 13.2 Å². The topological polar surface area (TPSA) is 178 Å². The van der Waals surface area contributed by atoms with E-state index in [1.807, 2.05) is 6.07 Å². The fraction of sp³-hybridized carbons (Fsp3) is 0.476. The van der Waals surface area contributed by atoms with Gasteiger partial charge in [0.15, 0.2) is 5.92 Å². The second kappa shape index (κ2) is 13.7. The SMILES string of the molecule is COC(=O)C(C(=O)OC)[C@@H](C)[C@@H](NC(=O)C[C@@H](O)CNC(=O)OCc1ccccc1)C(=O)O. The second-order valence-electron chi connectivity index (χ2n) is 7.07. The van der Waals surface area contributed by atoms with Crippen LogP contribution in [0.5, 0.6) is 0 Å². The number of carboxylic acids is 1. The lowest BCUT2D eigenvalue weighted by atomic mass is 9.87. The summed E-state index contributed by atoms with van der Waals surface area (Å²) < 4.78 is 14.0. The highest BCUT2D eigenvalue weighted by Gasteiger charge is 2.42. The number of carbonyl (C=O) groups is 5. The minimum absolute atomic E-state index is 0.0169. The largest absolute Gasteiger partial charge is 0.480 e. The molecule has 2 amide bonds. The summed E-state index contributed by atoms with van der Waals surface area (Å²) in [6.45, 7) is 0.947. The number of carbonyl (C=O) groups excluding carboxylic acids is 4. The molecule has 0 fully saturated rings. The molecule has 0 heterocycles. The average Bonchev–Trinajstić information content (AvgIpc) is 2.79. The highest BCUT2D eigenvalue weighted by atomic mass is 16.6. The van der Waals surface area contributed by atoms with Crippen LogP contribution >= 0.6 is 0 Å². The van der Waals surface area contributed by atoms with E-state index >= 15 is 0 Å². The van der Waals surface area contributed by atoms with Crippen molar-refractivity contribution < 1.29 is 48.4 Å². The lowest BCUT2D eigenvalue weighted by molar-refractivity contribution is -0.163. The minimum Gasteiger partial charge on any atom is -0.480 e. The molecule has 0 aliphatic heterocycles. The molecule has 0 aliphatic carbocycles. The first-order valence-corrected chi connectivity index (χ1v) is 9.91. The van der Waals surface area contributed by atoms with Crippen molar-refractivity contribution in [3.63, 3.8) is 0 Å². The van der Waals surface area contributed by atoms with Gasteiger partial charge in [-0.25, -0.2) is 9.59 Å². The van der Waals surface area contributed by atoms with Crippen LogP contribution in [0.15, 0.2) is 30.3 Å². The lowest BCUT2D eigenvalue weighted by Gasteiger charge is -2.26. The van der Waals surface area contributed by atoms with E-state index in [4.69, 9.17) is 4.74 Å². The van der Waals surface area contributed by atoms with Crippen LogP contribution in [0.4, 0.5) is 4.79 Å². The molecule has 0 saturated carbocycles. The Bertz CT molecular complexity index is 814. The first-order valence-electron chi connectivity index (χ1n) is 9.91. The van der Waals surface area contributed by atoms with Gasteiger partial charge < -0.3 is 35.1 Å². The van der Waals surface area contributed by atoms with Crippen LogP contribution in [0.25, 0.3) is 0 Å². The van der Waals surface area contributed by atoms with Crippen molar-refractivity contribution >= 4 is 29.9 Å². The van der Waals surface area contributed by atoms with Gasteiger partial charge in [-0.15, -0.1) is 0 Å². The van der Waals surface area contributed by atoms with E-state index in [9.17, 15) is 34.2 Å². The zero-order chi connectivity index (χ0) is 25.0. The van der Waals surface area contributed by atoms with Crippen LogP contribution < -0.4 is 10.6 Å². The first-order chi connectivity index (χ1) is 15.6. The van der Waals surface area contributed by atoms with Gasteiger partial charge in [0.1, 0.15) is 12.6 Å². The van der Waals surface area contributed by atoms with Crippen molar-refractivity contribution in [2.45, 2.75) is 32.1 Å². The van der Waals surface area contributed by atoms with E-state index in [2.05, 4.69) is 20.1 Å². The van der Waals surface area contributed by atoms with Crippen molar-refractivity contribution in [2.24, 2.45) is 11.8 Å². The summed E-state index contributed by atoms with van der Waals surface area (Å²) in [5.74, 6) is -7.25. The van der Waals surface area contributed by atoms with Crippen LogP contribution in [0.3, 0.4) is 0 Å². The molecule has 3 atom stereocenters. The predicted molar refractivity (Wildman–Crippen MR) is 112 cm³/mol. The minimum atomic E-state index is -1.66. The predicted octanol–water partition coefficient (Wildman–Crippen LogP) is -0.168. The number of hydrogen-bond donors (Lipinski definition) is 4. The Morgan fingerprint density at radius 3 is 2.09 bits per heavy atom. The quantitative estimate of drug-likeness (QED) is 0.183. The molecule has 0 spiro atoms. The summed E-state index contributed by atoms with van der Waals surface area (Å²) in [5.41, 5.74) is 0.763. The molecule has 1 aromatic carbocycles. The van der Waals surface area contributed by atoms with Gasteiger partial charge in [0.2, 0.25) is 5.91 Å². The van der Waals surface area contributed by atoms with Crippen LogP contribution in [-0.2, 0) is 40.0 Å². The number of aliphatic hydroxyl groups is 1. The normalized spacial score (nSPS) is 13.2. The molecule has 0 radical (unpaired) electrons. The Balaban J connectivity index is 2.59. The number of esters is 2. The Kier molecular flexibility index (Phi) is 11.3. The number of benzene rings is 1. The van der Waals surface area contributed by atoms with Crippen LogP contribution in [-0.4, -0.2) is 73.0 Å². The number of carboxylic acid groups (broad SMARTS) is 1. The second-order valence-corrected chi connectivity index (χ2v) is 7.07. The summed E-state index contributed by atoms with van der Waals surface area (Å²) >= 11 is 0. The molecule has 0 unspecified atom stereocenters. The molecule has 4 N–H and O–H groups in total. The average molecular weight is 468 g/mol. The number of aliphatic hydroxyl groups excluding tert-OH is 1. The Morgan fingerprint density at radius 1 is 1.00 bits per heavy atom. The van der Waals surface area contributed by atoms with Gasteiger partial charge in [-0.2, -0.15) is 0 Å².